The molecule has 1 unspecified atom stereocenters. The fourth-order valence-corrected chi connectivity index (χ4v) is 2.75. The molecule has 1 aliphatic heterocycles. The first kappa shape index (κ1) is 10.8. The smallest absolute Gasteiger partial charge is 0.0955 e. The standard InChI is InChI=1S/C14H19N3/c1-17-10-16-14-11(5-4-7-13(14)17)9-12-6-2-3-8-15-12/h4-5,7,10,12,15H,2-3,6,8-9H2,1H3. The highest BCUT2D eigenvalue weighted by Gasteiger charge is 2.15. The molecule has 0 radical (unpaired) electrons. The molecule has 1 aromatic carbocycles. The summed E-state index contributed by atoms with van der Waals surface area (Å²) < 4.78 is 2.09. The molecule has 1 saturated heterocycles. The lowest BCUT2D eigenvalue weighted by atomic mass is 9.97. The summed E-state index contributed by atoms with van der Waals surface area (Å²) in [6.45, 7) is 1.17. The molecule has 1 atom stereocenters. The van der Waals surface area contributed by atoms with Crippen LogP contribution in [0.4, 0.5) is 0 Å². The molecule has 3 heteroatoms. The van der Waals surface area contributed by atoms with Crippen molar-refractivity contribution in [3.63, 3.8) is 0 Å². The van der Waals surface area contributed by atoms with Crippen LogP contribution in [0, 0.1) is 0 Å². The number of piperidine rings is 1. The van der Waals surface area contributed by atoms with Crippen molar-refractivity contribution in [2.75, 3.05) is 6.54 Å². The first-order chi connectivity index (χ1) is 8.34. The number of nitrogens with one attached hydrogen (secondary N) is 1. The van der Waals surface area contributed by atoms with Gasteiger partial charge in [-0.05, 0) is 37.4 Å². The van der Waals surface area contributed by atoms with Gasteiger partial charge in [-0.25, -0.2) is 4.98 Å². The summed E-state index contributed by atoms with van der Waals surface area (Å²) in [5.74, 6) is 0. The summed E-state index contributed by atoms with van der Waals surface area (Å²) in [4.78, 5) is 4.52. The Bertz CT molecular complexity index is 509. The van der Waals surface area contributed by atoms with E-state index in [1.165, 1.54) is 42.4 Å². The SMILES string of the molecule is Cn1cnc2c(CC3CCCCN3)cccc21. The van der Waals surface area contributed by atoms with Gasteiger partial charge in [0.15, 0.2) is 0 Å². The van der Waals surface area contributed by atoms with Gasteiger partial charge in [-0.15, -0.1) is 0 Å². The summed E-state index contributed by atoms with van der Waals surface area (Å²) in [6.07, 6.45) is 6.99. The average molecular weight is 229 g/mol. The van der Waals surface area contributed by atoms with Crippen LogP contribution in [0.1, 0.15) is 24.8 Å². The Hall–Kier alpha value is -1.35. The first-order valence-corrected chi connectivity index (χ1v) is 6.47. The van der Waals surface area contributed by atoms with E-state index in [4.69, 9.17) is 0 Å². The Morgan fingerprint density at radius 1 is 1.41 bits per heavy atom. The van der Waals surface area contributed by atoms with Gasteiger partial charge >= 0.3 is 0 Å². The molecule has 90 valence electrons. The van der Waals surface area contributed by atoms with Gasteiger partial charge in [0.25, 0.3) is 0 Å². The third kappa shape index (κ3) is 2.07. The van der Waals surface area contributed by atoms with Gasteiger partial charge in [-0.1, -0.05) is 18.6 Å². The molecule has 0 saturated carbocycles. The van der Waals surface area contributed by atoms with Crippen LogP contribution < -0.4 is 5.32 Å². The van der Waals surface area contributed by atoms with Gasteiger partial charge in [0.1, 0.15) is 0 Å². The van der Waals surface area contributed by atoms with Crippen LogP contribution in [-0.4, -0.2) is 22.1 Å². The third-order valence-corrected chi connectivity index (χ3v) is 3.72. The van der Waals surface area contributed by atoms with E-state index >= 15 is 0 Å². The van der Waals surface area contributed by atoms with Crippen LogP contribution in [0.3, 0.4) is 0 Å². The van der Waals surface area contributed by atoms with Crippen LogP contribution in [-0.2, 0) is 13.5 Å². The Morgan fingerprint density at radius 3 is 3.18 bits per heavy atom. The molecule has 2 heterocycles. The summed E-state index contributed by atoms with van der Waals surface area (Å²) >= 11 is 0. The number of aromatic nitrogens is 2. The van der Waals surface area contributed by atoms with Crippen LogP contribution in [0.5, 0.6) is 0 Å². The lowest BCUT2D eigenvalue weighted by Gasteiger charge is -2.23. The van der Waals surface area contributed by atoms with Crippen molar-refractivity contribution in [3.05, 3.63) is 30.1 Å². The molecule has 0 bridgehead atoms. The molecule has 3 nitrogen and oxygen atoms in total. The van der Waals surface area contributed by atoms with Gasteiger partial charge in [0.2, 0.25) is 0 Å². The lowest BCUT2D eigenvalue weighted by molar-refractivity contribution is 0.400. The van der Waals surface area contributed by atoms with Gasteiger partial charge in [0.05, 0.1) is 17.4 Å². The highest BCUT2D eigenvalue weighted by Crippen LogP contribution is 2.20. The zero-order valence-electron chi connectivity index (χ0n) is 10.3. The third-order valence-electron chi connectivity index (χ3n) is 3.72. The second-order valence-corrected chi connectivity index (χ2v) is 4.99. The van der Waals surface area contributed by atoms with Crippen molar-refractivity contribution in [2.45, 2.75) is 31.7 Å². The van der Waals surface area contributed by atoms with Crippen molar-refractivity contribution < 1.29 is 0 Å². The van der Waals surface area contributed by atoms with Crippen LogP contribution in [0.15, 0.2) is 24.5 Å². The van der Waals surface area contributed by atoms with Gasteiger partial charge in [-0.3, -0.25) is 0 Å². The second-order valence-electron chi connectivity index (χ2n) is 4.99. The number of rotatable bonds is 2. The molecule has 0 amide bonds. The van der Waals surface area contributed by atoms with E-state index in [9.17, 15) is 0 Å². The van der Waals surface area contributed by atoms with E-state index in [0.717, 1.165) is 6.42 Å². The van der Waals surface area contributed by atoms with Crippen molar-refractivity contribution >= 4 is 11.0 Å². The maximum Gasteiger partial charge on any atom is 0.0955 e. The fourth-order valence-electron chi connectivity index (χ4n) is 2.75. The van der Waals surface area contributed by atoms with Gasteiger partial charge in [0, 0.05) is 13.1 Å². The number of imidazole rings is 1. The van der Waals surface area contributed by atoms with Gasteiger partial charge in [-0.2, -0.15) is 0 Å². The molecule has 3 rings (SSSR count). The van der Waals surface area contributed by atoms with E-state index in [0.29, 0.717) is 6.04 Å². The maximum absolute atomic E-state index is 4.52. The van der Waals surface area contributed by atoms with Crippen molar-refractivity contribution in [2.24, 2.45) is 7.05 Å². The molecule has 2 aromatic rings. The molecule has 17 heavy (non-hydrogen) atoms. The monoisotopic (exact) mass is 229 g/mol. The van der Waals surface area contributed by atoms with E-state index < -0.39 is 0 Å². The van der Waals surface area contributed by atoms with E-state index in [1.807, 2.05) is 6.33 Å². The lowest BCUT2D eigenvalue weighted by Crippen LogP contribution is -2.35. The number of fused-ring (bicyclic) bond motifs is 1. The van der Waals surface area contributed by atoms with Crippen molar-refractivity contribution in [1.82, 2.24) is 14.9 Å². The largest absolute Gasteiger partial charge is 0.334 e. The predicted octanol–water partition coefficient (Wildman–Crippen LogP) is 2.26. The molecular formula is C14H19N3. The predicted molar refractivity (Wildman–Crippen MR) is 70.1 cm³/mol. The molecule has 1 aliphatic rings. The maximum atomic E-state index is 4.52. The minimum absolute atomic E-state index is 0.636. The number of aryl methyl sites for hydroxylation is 1. The van der Waals surface area contributed by atoms with Crippen LogP contribution in [0.25, 0.3) is 11.0 Å². The van der Waals surface area contributed by atoms with E-state index in [-0.39, 0.29) is 0 Å². The van der Waals surface area contributed by atoms with Crippen molar-refractivity contribution in [1.29, 1.82) is 0 Å². The number of para-hydroxylation sites is 1. The normalized spacial score (nSPS) is 20.9. The molecule has 1 N–H and O–H groups in total. The van der Waals surface area contributed by atoms with Gasteiger partial charge < -0.3 is 9.88 Å². The summed E-state index contributed by atoms with van der Waals surface area (Å²) in [7, 11) is 2.05. The number of benzene rings is 1. The number of nitrogens with zero attached hydrogens (tertiary/aromatic N) is 2. The van der Waals surface area contributed by atoms with Crippen molar-refractivity contribution in [3.8, 4) is 0 Å². The molecule has 0 aliphatic carbocycles. The summed E-state index contributed by atoms with van der Waals surface area (Å²) in [5, 5.41) is 3.60. The Kier molecular flexibility index (Phi) is 2.85. The minimum atomic E-state index is 0.636. The molecular weight excluding hydrogens is 210 g/mol. The highest BCUT2D eigenvalue weighted by atomic mass is 15.0. The zero-order chi connectivity index (χ0) is 11.7. The van der Waals surface area contributed by atoms with Crippen LogP contribution >= 0.6 is 0 Å². The molecule has 1 fully saturated rings. The Balaban J connectivity index is 1.89. The summed E-state index contributed by atoms with van der Waals surface area (Å²) in [5.41, 5.74) is 3.78. The Morgan fingerprint density at radius 2 is 2.35 bits per heavy atom. The fraction of sp³-hybridized carbons (Fsp3) is 0.500. The average Bonchev–Trinajstić information content (AvgIpc) is 2.74. The zero-order valence-corrected chi connectivity index (χ0v) is 10.3. The number of hydrogen-bond donors (Lipinski definition) is 1. The summed E-state index contributed by atoms with van der Waals surface area (Å²) in [6, 6.07) is 7.13. The topological polar surface area (TPSA) is 29.9 Å². The second kappa shape index (κ2) is 4.49. The molecule has 1 aromatic heterocycles. The van der Waals surface area contributed by atoms with Crippen LogP contribution in [0.2, 0.25) is 0 Å². The van der Waals surface area contributed by atoms with E-state index in [2.05, 4.69) is 40.1 Å². The Labute approximate surface area is 102 Å². The number of hydrogen-bond acceptors (Lipinski definition) is 2. The first-order valence-electron chi connectivity index (χ1n) is 6.47. The highest BCUT2D eigenvalue weighted by molar-refractivity contribution is 5.78. The quantitative estimate of drug-likeness (QED) is 0.856. The minimum Gasteiger partial charge on any atom is -0.334 e. The molecule has 0 spiro atoms. The van der Waals surface area contributed by atoms with E-state index in [1.54, 1.807) is 0 Å².